The number of amides is 1. The number of rotatable bonds is 3. The molecule has 0 radical (unpaired) electrons. The van der Waals surface area contributed by atoms with Crippen molar-refractivity contribution in [3.8, 4) is 0 Å². The minimum Gasteiger partial charge on any atom is -0.372 e. The monoisotopic (exact) mass is 169 g/mol. The summed E-state index contributed by atoms with van der Waals surface area (Å²) in [6.07, 6.45) is 2.21. The van der Waals surface area contributed by atoms with Crippen molar-refractivity contribution in [3.05, 3.63) is 0 Å². The van der Waals surface area contributed by atoms with Gasteiger partial charge in [0.1, 0.15) is 0 Å². The summed E-state index contributed by atoms with van der Waals surface area (Å²) in [5.41, 5.74) is 0. The molecule has 68 valence electrons. The summed E-state index contributed by atoms with van der Waals surface area (Å²) >= 11 is 0. The van der Waals surface area contributed by atoms with Crippen molar-refractivity contribution in [2.45, 2.75) is 19.8 Å². The molecule has 12 heavy (non-hydrogen) atoms. The van der Waals surface area contributed by atoms with Crippen molar-refractivity contribution in [1.29, 1.82) is 0 Å². The van der Waals surface area contributed by atoms with Gasteiger partial charge in [0.25, 0.3) is 0 Å². The molecule has 0 bridgehead atoms. The molecule has 1 rings (SSSR count). The highest BCUT2D eigenvalue weighted by atomic mass is 16.1. The molecule has 4 heteroatoms. The van der Waals surface area contributed by atoms with E-state index in [4.69, 9.17) is 0 Å². The number of aliphatic imine (C=N–C) groups is 1. The van der Waals surface area contributed by atoms with Gasteiger partial charge in [-0.1, -0.05) is 0 Å². The minimum atomic E-state index is 0.0187. The third-order valence-corrected chi connectivity index (χ3v) is 1.70. The Balaban J connectivity index is 1.98. The van der Waals surface area contributed by atoms with Crippen LogP contribution >= 0.6 is 0 Å². The van der Waals surface area contributed by atoms with Gasteiger partial charge in [-0.25, -0.2) is 0 Å². The number of nitrogens with one attached hydrogen (secondary N) is 2. The zero-order valence-electron chi connectivity index (χ0n) is 7.39. The maximum Gasteiger partial charge on any atom is 0.216 e. The molecule has 1 aliphatic heterocycles. The Kier molecular flexibility index (Phi) is 3.57. The molecule has 1 aliphatic rings. The van der Waals surface area contributed by atoms with E-state index in [1.54, 1.807) is 0 Å². The van der Waals surface area contributed by atoms with E-state index >= 15 is 0 Å². The van der Waals surface area contributed by atoms with Crippen molar-refractivity contribution in [2.24, 2.45) is 4.99 Å². The summed E-state index contributed by atoms with van der Waals surface area (Å²) in [6, 6.07) is 0. The number of amidine groups is 1. The first-order chi connectivity index (χ1) is 5.79. The fourth-order valence-electron chi connectivity index (χ4n) is 1.13. The molecule has 1 amide bonds. The van der Waals surface area contributed by atoms with Crippen molar-refractivity contribution >= 4 is 11.7 Å². The molecule has 0 aromatic carbocycles. The van der Waals surface area contributed by atoms with Crippen LogP contribution in [-0.4, -0.2) is 31.4 Å². The van der Waals surface area contributed by atoms with Gasteiger partial charge in [0.2, 0.25) is 5.91 Å². The number of hydrogen-bond acceptors (Lipinski definition) is 3. The second kappa shape index (κ2) is 4.74. The Morgan fingerprint density at radius 1 is 1.58 bits per heavy atom. The summed E-state index contributed by atoms with van der Waals surface area (Å²) in [7, 11) is 0. The average Bonchev–Trinajstić information content (AvgIpc) is 2.49. The summed E-state index contributed by atoms with van der Waals surface area (Å²) < 4.78 is 0. The number of hydrogen-bond donors (Lipinski definition) is 2. The van der Waals surface area contributed by atoms with Crippen molar-refractivity contribution < 1.29 is 4.79 Å². The fraction of sp³-hybridized carbons (Fsp3) is 0.750. The van der Waals surface area contributed by atoms with Gasteiger partial charge in [-0.2, -0.15) is 0 Å². The van der Waals surface area contributed by atoms with Crippen LogP contribution < -0.4 is 10.6 Å². The summed E-state index contributed by atoms with van der Waals surface area (Å²) in [5.74, 6) is 1.10. The van der Waals surface area contributed by atoms with Crippen LogP contribution in [0.2, 0.25) is 0 Å². The summed E-state index contributed by atoms with van der Waals surface area (Å²) in [5, 5.41) is 5.89. The van der Waals surface area contributed by atoms with Crippen LogP contribution in [0.3, 0.4) is 0 Å². The Hall–Kier alpha value is -1.06. The van der Waals surface area contributed by atoms with Crippen molar-refractivity contribution in [3.63, 3.8) is 0 Å². The predicted octanol–water partition coefficient (Wildman–Crippen LogP) is -0.0956. The molecule has 2 N–H and O–H groups in total. The van der Waals surface area contributed by atoms with E-state index in [0.717, 1.165) is 31.8 Å². The number of carbonyl (C=O) groups excluding carboxylic acids is 1. The van der Waals surface area contributed by atoms with Crippen molar-refractivity contribution in [2.75, 3.05) is 19.6 Å². The van der Waals surface area contributed by atoms with Gasteiger partial charge in [-0.15, -0.1) is 0 Å². The van der Waals surface area contributed by atoms with Crippen LogP contribution in [0.15, 0.2) is 4.99 Å². The number of carbonyl (C=O) groups is 1. The Bertz CT molecular complexity index is 189. The zero-order chi connectivity index (χ0) is 8.81. The maximum atomic E-state index is 10.5. The molecule has 0 fully saturated rings. The van der Waals surface area contributed by atoms with E-state index in [2.05, 4.69) is 15.6 Å². The van der Waals surface area contributed by atoms with Gasteiger partial charge in [-0.3, -0.25) is 9.79 Å². The molecule has 0 saturated heterocycles. The first-order valence-electron chi connectivity index (χ1n) is 4.30. The molecule has 0 aliphatic carbocycles. The molecule has 0 atom stereocenters. The lowest BCUT2D eigenvalue weighted by atomic mass is 10.3. The molecule has 0 aromatic heterocycles. The predicted molar refractivity (Wildman–Crippen MR) is 48.2 cm³/mol. The van der Waals surface area contributed by atoms with E-state index in [0.29, 0.717) is 6.54 Å². The van der Waals surface area contributed by atoms with Gasteiger partial charge in [0.05, 0.1) is 5.84 Å². The molecular weight excluding hydrogens is 154 g/mol. The highest BCUT2D eigenvalue weighted by Crippen LogP contribution is 1.99. The van der Waals surface area contributed by atoms with Gasteiger partial charge >= 0.3 is 0 Å². The zero-order valence-corrected chi connectivity index (χ0v) is 7.39. The standard InChI is InChI=1S/C8H15N3O/c1-7(12)9-5-6-11-8-3-2-4-10-8/h2-6H2,1H3,(H,9,12)(H,10,11). The van der Waals surface area contributed by atoms with Gasteiger partial charge in [0.15, 0.2) is 0 Å². The average molecular weight is 169 g/mol. The smallest absolute Gasteiger partial charge is 0.216 e. The lowest BCUT2D eigenvalue weighted by Crippen LogP contribution is -2.32. The highest BCUT2D eigenvalue weighted by molar-refractivity contribution is 5.83. The molecule has 0 saturated carbocycles. The number of nitrogens with zero attached hydrogens (tertiary/aromatic N) is 1. The molecule has 1 heterocycles. The normalized spacial score (nSPS) is 15.6. The fourth-order valence-corrected chi connectivity index (χ4v) is 1.13. The second-order valence-corrected chi connectivity index (χ2v) is 2.84. The Morgan fingerprint density at radius 2 is 2.42 bits per heavy atom. The third kappa shape index (κ3) is 3.37. The van der Waals surface area contributed by atoms with E-state index in [-0.39, 0.29) is 5.91 Å². The lowest BCUT2D eigenvalue weighted by Gasteiger charge is -2.05. The van der Waals surface area contributed by atoms with Crippen molar-refractivity contribution in [1.82, 2.24) is 10.6 Å². The van der Waals surface area contributed by atoms with Gasteiger partial charge in [0, 0.05) is 33.0 Å². The van der Waals surface area contributed by atoms with E-state index in [9.17, 15) is 4.79 Å². The maximum absolute atomic E-state index is 10.5. The van der Waals surface area contributed by atoms with E-state index < -0.39 is 0 Å². The molecule has 0 spiro atoms. The second-order valence-electron chi connectivity index (χ2n) is 2.84. The van der Waals surface area contributed by atoms with Gasteiger partial charge in [-0.05, 0) is 6.42 Å². The Morgan fingerprint density at radius 3 is 3.00 bits per heavy atom. The summed E-state index contributed by atoms with van der Waals surface area (Å²) in [4.78, 5) is 14.7. The Labute approximate surface area is 72.4 Å². The molecular formula is C8H15N3O. The largest absolute Gasteiger partial charge is 0.372 e. The van der Waals surface area contributed by atoms with Crippen LogP contribution in [0.25, 0.3) is 0 Å². The quantitative estimate of drug-likeness (QED) is 0.580. The van der Waals surface area contributed by atoms with E-state index in [1.807, 2.05) is 0 Å². The molecule has 0 aromatic rings. The van der Waals surface area contributed by atoms with Gasteiger partial charge < -0.3 is 10.6 Å². The first kappa shape index (κ1) is 9.03. The first-order valence-corrected chi connectivity index (χ1v) is 4.30. The van der Waals surface area contributed by atoms with Crippen LogP contribution in [0.4, 0.5) is 0 Å². The van der Waals surface area contributed by atoms with Crippen LogP contribution in [0.1, 0.15) is 19.8 Å². The SMILES string of the molecule is CC(=O)NCCNC1=NCCC1. The van der Waals surface area contributed by atoms with Crippen LogP contribution in [0, 0.1) is 0 Å². The summed E-state index contributed by atoms with van der Waals surface area (Å²) in [6.45, 7) is 3.92. The molecule has 0 unspecified atom stereocenters. The minimum absolute atomic E-state index is 0.0187. The molecule has 4 nitrogen and oxygen atoms in total. The lowest BCUT2D eigenvalue weighted by molar-refractivity contribution is -0.118. The topological polar surface area (TPSA) is 53.5 Å². The van der Waals surface area contributed by atoms with Crippen LogP contribution in [0.5, 0.6) is 0 Å². The third-order valence-electron chi connectivity index (χ3n) is 1.70. The highest BCUT2D eigenvalue weighted by Gasteiger charge is 2.03. The van der Waals surface area contributed by atoms with E-state index in [1.165, 1.54) is 6.92 Å². The van der Waals surface area contributed by atoms with Crippen LogP contribution in [-0.2, 0) is 4.79 Å².